The van der Waals surface area contributed by atoms with Crippen LogP contribution in [0.3, 0.4) is 0 Å². The number of methoxy groups -OCH3 is 1. The molecule has 3 aromatic rings. The molecular weight excluding hydrogens is 400 g/mol. The third-order valence-corrected chi connectivity index (χ3v) is 6.18. The van der Waals surface area contributed by atoms with Crippen molar-refractivity contribution >= 4 is 11.6 Å². The van der Waals surface area contributed by atoms with E-state index in [-0.39, 0.29) is 11.9 Å². The molecule has 0 atom stereocenters. The van der Waals surface area contributed by atoms with E-state index in [4.69, 9.17) is 4.74 Å². The van der Waals surface area contributed by atoms with Crippen molar-refractivity contribution < 1.29 is 14.6 Å². The highest BCUT2D eigenvalue weighted by Crippen LogP contribution is 2.28. The second-order valence-electron chi connectivity index (χ2n) is 8.38. The Morgan fingerprint density at radius 1 is 1.00 bits per heavy atom. The summed E-state index contributed by atoms with van der Waals surface area (Å²) in [5, 5.41) is 10.1. The van der Waals surface area contributed by atoms with Crippen LogP contribution in [-0.2, 0) is 6.54 Å². The zero-order chi connectivity index (χ0) is 22.5. The summed E-state index contributed by atoms with van der Waals surface area (Å²) in [5.41, 5.74) is 3.69. The van der Waals surface area contributed by atoms with Crippen LogP contribution in [0.2, 0.25) is 0 Å². The molecular formula is C27H30N2O3. The highest BCUT2D eigenvalue weighted by atomic mass is 16.5. The zero-order valence-corrected chi connectivity index (χ0v) is 18.7. The van der Waals surface area contributed by atoms with Gasteiger partial charge in [-0.2, -0.15) is 0 Å². The van der Waals surface area contributed by atoms with Gasteiger partial charge in [0.2, 0.25) is 0 Å². The van der Waals surface area contributed by atoms with Crippen LogP contribution < -0.4 is 9.64 Å². The van der Waals surface area contributed by atoms with Crippen molar-refractivity contribution in [1.29, 1.82) is 0 Å². The Hall–Kier alpha value is -3.31. The largest absolute Gasteiger partial charge is 0.508 e. The average molecular weight is 431 g/mol. The second kappa shape index (κ2) is 9.88. The van der Waals surface area contributed by atoms with Crippen molar-refractivity contribution in [3.8, 4) is 11.5 Å². The molecule has 0 aromatic heterocycles. The minimum Gasteiger partial charge on any atom is -0.508 e. The van der Waals surface area contributed by atoms with E-state index < -0.39 is 0 Å². The Morgan fingerprint density at radius 2 is 1.66 bits per heavy atom. The van der Waals surface area contributed by atoms with E-state index in [1.54, 1.807) is 13.2 Å². The summed E-state index contributed by atoms with van der Waals surface area (Å²) in [6.45, 7) is 4.52. The van der Waals surface area contributed by atoms with E-state index in [0.717, 1.165) is 49.5 Å². The molecule has 0 spiro atoms. The maximum atomic E-state index is 13.6. The van der Waals surface area contributed by atoms with Gasteiger partial charge in [0, 0.05) is 42.5 Å². The molecule has 5 heteroatoms. The summed E-state index contributed by atoms with van der Waals surface area (Å²) < 4.78 is 5.24. The fourth-order valence-corrected chi connectivity index (χ4v) is 4.29. The predicted octanol–water partition coefficient (Wildman–Crippen LogP) is 5.02. The summed E-state index contributed by atoms with van der Waals surface area (Å²) >= 11 is 0. The monoisotopic (exact) mass is 430 g/mol. The Morgan fingerprint density at radius 3 is 2.28 bits per heavy atom. The van der Waals surface area contributed by atoms with Gasteiger partial charge in [-0.25, -0.2) is 0 Å². The molecule has 1 aliphatic heterocycles. The first-order valence-corrected chi connectivity index (χ1v) is 11.1. The number of amides is 1. The molecule has 1 heterocycles. The van der Waals surface area contributed by atoms with Gasteiger partial charge < -0.3 is 14.7 Å². The molecule has 1 N–H and O–H groups in total. The van der Waals surface area contributed by atoms with Gasteiger partial charge in [0.15, 0.2) is 0 Å². The fourth-order valence-electron chi connectivity index (χ4n) is 4.29. The van der Waals surface area contributed by atoms with Gasteiger partial charge in [0.1, 0.15) is 11.5 Å². The quantitative estimate of drug-likeness (QED) is 0.597. The second-order valence-corrected chi connectivity index (χ2v) is 8.38. The van der Waals surface area contributed by atoms with Crippen molar-refractivity contribution in [2.45, 2.75) is 32.4 Å². The average Bonchev–Trinajstić information content (AvgIpc) is 2.83. The molecule has 0 saturated carbocycles. The van der Waals surface area contributed by atoms with Gasteiger partial charge in [-0.15, -0.1) is 0 Å². The van der Waals surface area contributed by atoms with E-state index in [9.17, 15) is 9.90 Å². The number of aromatic hydroxyl groups is 1. The molecule has 3 aromatic carbocycles. The molecule has 32 heavy (non-hydrogen) atoms. The third kappa shape index (κ3) is 4.94. The predicted molar refractivity (Wildman–Crippen MR) is 127 cm³/mol. The Balaban J connectivity index is 1.52. The number of hydrogen-bond acceptors (Lipinski definition) is 4. The number of likely N-dealkylation sites (tertiary alicyclic amines) is 1. The summed E-state index contributed by atoms with van der Waals surface area (Å²) in [7, 11) is 1.62. The number of ether oxygens (including phenoxy) is 1. The lowest BCUT2D eigenvalue weighted by Crippen LogP contribution is -2.47. The maximum absolute atomic E-state index is 13.6. The minimum atomic E-state index is 0.00987. The number of carbonyl (C=O) groups is 1. The highest BCUT2D eigenvalue weighted by molar-refractivity contribution is 6.06. The van der Waals surface area contributed by atoms with Gasteiger partial charge in [-0.3, -0.25) is 9.69 Å². The lowest BCUT2D eigenvalue weighted by atomic mass is 9.99. The summed E-state index contributed by atoms with van der Waals surface area (Å²) in [6, 6.07) is 23.1. The third-order valence-electron chi connectivity index (χ3n) is 6.18. The number of hydrogen-bond donors (Lipinski definition) is 1. The molecule has 0 bridgehead atoms. The van der Waals surface area contributed by atoms with Crippen LogP contribution in [0.5, 0.6) is 11.5 Å². The van der Waals surface area contributed by atoms with E-state index in [1.807, 2.05) is 59.5 Å². The highest BCUT2D eigenvalue weighted by Gasteiger charge is 2.30. The Bertz CT molecular complexity index is 1040. The van der Waals surface area contributed by atoms with Gasteiger partial charge in [-0.05, 0) is 62.2 Å². The lowest BCUT2D eigenvalue weighted by Gasteiger charge is -2.38. The molecule has 4 rings (SSSR count). The van der Waals surface area contributed by atoms with E-state index in [0.29, 0.717) is 11.3 Å². The first-order valence-electron chi connectivity index (χ1n) is 11.1. The van der Waals surface area contributed by atoms with E-state index >= 15 is 0 Å². The SMILES string of the molecule is COc1ccc(C(=O)N(c2ccc(C)cc2)C2CCN(Cc3ccccc3O)CC2)cc1. The van der Waals surface area contributed by atoms with Gasteiger partial charge >= 0.3 is 0 Å². The zero-order valence-electron chi connectivity index (χ0n) is 18.7. The van der Waals surface area contributed by atoms with Gasteiger partial charge in [0.05, 0.1) is 7.11 Å². The fraction of sp³-hybridized carbons (Fsp3) is 0.296. The number of phenolic OH excluding ortho intramolecular Hbond substituents is 1. The van der Waals surface area contributed by atoms with Crippen LogP contribution in [0, 0.1) is 6.92 Å². The number of benzene rings is 3. The molecule has 5 nitrogen and oxygen atoms in total. The molecule has 1 amide bonds. The van der Waals surface area contributed by atoms with Crippen molar-refractivity contribution in [2.24, 2.45) is 0 Å². The van der Waals surface area contributed by atoms with Crippen molar-refractivity contribution in [1.82, 2.24) is 4.90 Å². The summed E-state index contributed by atoms with van der Waals surface area (Å²) in [6.07, 6.45) is 1.76. The standard InChI is InChI=1S/C27H30N2O3/c1-20-7-11-23(12-8-20)29(27(31)21-9-13-25(32-2)14-10-21)24-15-17-28(18-16-24)19-22-5-3-4-6-26(22)30/h3-14,24,30H,15-19H2,1-2H3. The number of aryl methyl sites for hydroxylation is 1. The van der Waals surface area contributed by atoms with E-state index in [1.165, 1.54) is 5.56 Å². The van der Waals surface area contributed by atoms with Crippen LogP contribution in [0.1, 0.15) is 34.3 Å². The maximum Gasteiger partial charge on any atom is 0.258 e. The number of para-hydroxylation sites is 1. The molecule has 1 aliphatic rings. The van der Waals surface area contributed by atoms with Gasteiger partial charge in [-0.1, -0.05) is 35.9 Å². The summed E-state index contributed by atoms with van der Waals surface area (Å²) in [4.78, 5) is 17.9. The van der Waals surface area contributed by atoms with Crippen LogP contribution in [0.15, 0.2) is 72.8 Å². The number of anilines is 1. The smallest absolute Gasteiger partial charge is 0.258 e. The molecule has 0 unspecified atom stereocenters. The number of nitrogens with zero attached hydrogens (tertiary/aromatic N) is 2. The van der Waals surface area contributed by atoms with Crippen LogP contribution in [0.4, 0.5) is 5.69 Å². The number of phenols is 1. The molecule has 0 radical (unpaired) electrons. The van der Waals surface area contributed by atoms with Crippen LogP contribution in [0.25, 0.3) is 0 Å². The number of rotatable bonds is 6. The molecule has 166 valence electrons. The van der Waals surface area contributed by atoms with Crippen LogP contribution >= 0.6 is 0 Å². The number of carbonyl (C=O) groups excluding carboxylic acids is 1. The van der Waals surface area contributed by atoms with Crippen molar-refractivity contribution in [3.05, 3.63) is 89.5 Å². The normalized spacial score (nSPS) is 14.8. The molecule has 1 fully saturated rings. The lowest BCUT2D eigenvalue weighted by molar-refractivity contribution is 0.0958. The van der Waals surface area contributed by atoms with Crippen molar-refractivity contribution in [2.75, 3.05) is 25.1 Å². The minimum absolute atomic E-state index is 0.00987. The Kier molecular flexibility index (Phi) is 6.76. The van der Waals surface area contributed by atoms with Crippen molar-refractivity contribution in [3.63, 3.8) is 0 Å². The molecule has 1 saturated heterocycles. The van der Waals surface area contributed by atoms with Crippen LogP contribution in [-0.4, -0.2) is 42.2 Å². The number of piperidine rings is 1. The Labute approximate surface area is 189 Å². The van der Waals surface area contributed by atoms with E-state index in [2.05, 4.69) is 24.0 Å². The topological polar surface area (TPSA) is 53.0 Å². The first-order chi connectivity index (χ1) is 15.5. The molecule has 0 aliphatic carbocycles. The first kappa shape index (κ1) is 21.9. The van der Waals surface area contributed by atoms with Gasteiger partial charge in [0.25, 0.3) is 5.91 Å². The summed E-state index contributed by atoms with van der Waals surface area (Å²) in [5.74, 6) is 1.09.